The molecule has 2 amide bonds. The van der Waals surface area contributed by atoms with Crippen LogP contribution in [0, 0.1) is 5.92 Å². The van der Waals surface area contributed by atoms with E-state index in [1.165, 1.54) is 10.5 Å². The summed E-state index contributed by atoms with van der Waals surface area (Å²) in [7, 11) is 0. The fourth-order valence-electron chi connectivity index (χ4n) is 2.91. The van der Waals surface area contributed by atoms with Crippen molar-refractivity contribution in [2.45, 2.75) is 52.0 Å². The lowest BCUT2D eigenvalue weighted by molar-refractivity contribution is -0.131. The smallest absolute Gasteiger partial charge is 0.417 e. The van der Waals surface area contributed by atoms with Gasteiger partial charge in [-0.25, -0.2) is 9.69 Å². The Morgan fingerprint density at radius 2 is 2.28 bits per heavy atom. The third-order valence-corrected chi connectivity index (χ3v) is 3.92. The molecule has 1 heterocycles. The molecule has 18 heavy (non-hydrogen) atoms. The van der Waals surface area contributed by atoms with Crippen LogP contribution in [0.1, 0.15) is 46.5 Å². The van der Waals surface area contributed by atoms with Crippen molar-refractivity contribution in [2.75, 3.05) is 6.61 Å². The highest BCUT2D eigenvalue weighted by molar-refractivity contribution is 5.94. The summed E-state index contributed by atoms with van der Waals surface area (Å²) >= 11 is 0. The summed E-state index contributed by atoms with van der Waals surface area (Å²) in [5.41, 5.74) is 0.844. The second-order valence-electron chi connectivity index (χ2n) is 5.75. The van der Waals surface area contributed by atoms with E-state index >= 15 is 0 Å². The fraction of sp³-hybridized carbons (Fsp3) is 0.714. The van der Waals surface area contributed by atoms with Crippen LogP contribution in [0.3, 0.4) is 0 Å². The van der Waals surface area contributed by atoms with Gasteiger partial charge >= 0.3 is 6.09 Å². The maximum Gasteiger partial charge on any atom is 0.417 e. The Morgan fingerprint density at radius 1 is 1.56 bits per heavy atom. The predicted octanol–water partition coefficient (Wildman–Crippen LogP) is 2.88. The van der Waals surface area contributed by atoms with Gasteiger partial charge in [0.25, 0.3) is 0 Å². The highest BCUT2D eigenvalue weighted by Crippen LogP contribution is 2.35. The van der Waals surface area contributed by atoms with Gasteiger partial charge in [0.2, 0.25) is 5.91 Å². The maximum absolute atomic E-state index is 12.3. The summed E-state index contributed by atoms with van der Waals surface area (Å²) < 4.78 is 4.97. The summed E-state index contributed by atoms with van der Waals surface area (Å²) in [5, 5.41) is 0. The van der Waals surface area contributed by atoms with Gasteiger partial charge in [0.15, 0.2) is 0 Å². The van der Waals surface area contributed by atoms with Crippen molar-refractivity contribution in [3.8, 4) is 0 Å². The maximum atomic E-state index is 12.3. The van der Waals surface area contributed by atoms with Crippen molar-refractivity contribution in [3.63, 3.8) is 0 Å². The summed E-state index contributed by atoms with van der Waals surface area (Å²) in [6.45, 7) is 6.03. The number of ether oxygens (including phenoxy) is 1. The van der Waals surface area contributed by atoms with Crippen LogP contribution in [0.2, 0.25) is 0 Å². The van der Waals surface area contributed by atoms with Crippen LogP contribution in [0.4, 0.5) is 4.79 Å². The second kappa shape index (κ2) is 4.75. The molecular weight excluding hydrogens is 230 g/mol. The number of allylic oxidation sites excluding steroid dienone is 2. The molecule has 0 aromatic heterocycles. The molecule has 1 aliphatic heterocycles. The zero-order valence-corrected chi connectivity index (χ0v) is 11.4. The minimum absolute atomic E-state index is 0.103. The molecular formula is C14H21NO3. The van der Waals surface area contributed by atoms with Crippen molar-refractivity contribution in [1.29, 1.82) is 0 Å². The van der Waals surface area contributed by atoms with Gasteiger partial charge in [-0.1, -0.05) is 11.6 Å². The Bertz CT molecular complexity index is 398. The van der Waals surface area contributed by atoms with Crippen LogP contribution in [-0.2, 0) is 9.53 Å². The Balaban J connectivity index is 2.06. The normalized spacial score (nSPS) is 28.8. The molecule has 2 aliphatic rings. The molecule has 1 saturated carbocycles. The molecule has 0 aromatic carbocycles. The number of cyclic esters (lactones) is 1. The van der Waals surface area contributed by atoms with Crippen LogP contribution < -0.4 is 0 Å². The van der Waals surface area contributed by atoms with Gasteiger partial charge in [-0.15, -0.1) is 0 Å². The number of carbonyl (C=O) groups excluding carboxylic acids is 2. The quantitative estimate of drug-likeness (QED) is 0.709. The molecule has 1 atom stereocenters. The van der Waals surface area contributed by atoms with E-state index in [1.807, 2.05) is 20.8 Å². The summed E-state index contributed by atoms with van der Waals surface area (Å²) in [5.74, 6) is 0.209. The van der Waals surface area contributed by atoms with Crippen LogP contribution in [0.25, 0.3) is 0 Å². The zero-order chi connectivity index (χ0) is 13.3. The van der Waals surface area contributed by atoms with Crippen LogP contribution in [0.15, 0.2) is 11.6 Å². The molecule has 1 aliphatic carbocycles. The number of imide groups is 1. The van der Waals surface area contributed by atoms with E-state index in [4.69, 9.17) is 4.74 Å². The summed E-state index contributed by atoms with van der Waals surface area (Å²) in [6.07, 6.45) is 5.32. The van der Waals surface area contributed by atoms with E-state index in [-0.39, 0.29) is 5.91 Å². The lowest BCUT2D eigenvalue weighted by Gasteiger charge is -2.27. The molecule has 100 valence electrons. The first-order chi connectivity index (χ1) is 8.45. The van der Waals surface area contributed by atoms with Crippen LogP contribution in [-0.4, -0.2) is 29.0 Å². The van der Waals surface area contributed by atoms with Crippen molar-refractivity contribution in [3.05, 3.63) is 11.6 Å². The monoisotopic (exact) mass is 251 g/mol. The van der Waals surface area contributed by atoms with Gasteiger partial charge in [-0.2, -0.15) is 0 Å². The lowest BCUT2D eigenvalue weighted by atomic mass is 9.96. The van der Waals surface area contributed by atoms with E-state index in [2.05, 4.69) is 6.08 Å². The Morgan fingerprint density at radius 3 is 2.83 bits per heavy atom. The Kier molecular flexibility index (Phi) is 3.46. The topological polar surface area (TPSA) is 46.6 Å². The van der Waals surface area contributed by atoms with Crippen molar-refractivity contribution in [2.24, 2.45) is 5.92 Å². The Labute approximate surface area is 108 Å². The highest BCUT2D eigenvalue weighted by Gasteiger charge is 2.44. The Hall–Kier alpha value is -1.32. The first-order valence-corrected chi connectivity index (χ1v) is 6.60. The summed E-state index contributed by atoms with van der Waals surface area (Å²) in [6, 6.07) is 0. The number of carbonyl (C=O) groups is 2. The molecule has 4 heteroatoms. The lowest BCUT2D eigenvalue weighted by Crippen LogP contribution is -2.46. The molecule has 1 saturated heterocycles. The van der Waals surface area contributed by atoms with Gasteiger partial charge in [0.05, 0.1) is 5.54 Å². The minimum atomic E-state index is -0.511. The number of rotatable bonds is 2. The number of nitrogens with zero attached hydrogens (tertiary/aromatic N) is 1. The zero-order valence-electron chi connectivity index (χ0n) is 11.4. The highest BCUT2D eigenvalue weighted by atomic mass is 16.6. The van der Waals surface area contributed by atoms with E-state index in [0.717, 1.165) is 19.3 Å². The molecule has 0 N–H and O–H groups in total. The molecule has 4 nitrogen and oxygen atoms in total. The van der Waals surface area contributed by atoms with Gasteiger partial charge in [0.1, 0.15) is 6.61 Å². The number of hydrogen-bond acceptors (Lipinski definition) is 3. The van der Waals surface area contributed by atoms with Crippen LogP contribution >= 0.6 is 0 Å². The average Bonchev–Trinajstić information content (AvgIpc) is 2.83. The van der Waals surface area contributed by atoms with Crippen molar-refractivity contribution >= 4 is 12.0 Å². The fourth-order valence-corrected chi connectivity index (χ4v) is 2.91. The van der Waals surface area contributed by atoms with Crippen LogP contribution in [0.5, 0.6) is 0 Å². The standard InChI is InChI=1S/C14H21NO3/c1-4-10-6-5-7-11(10)8-12(16)15-13(17)18-9-14(15,2)3/h4,11H,5-9H2,1-3H3/b10-4-. The molecule has 0 radical (unpaired) electrons. The van der Waals surface area contributed by atoms with Gasteiger partial charge < -0.3 is 4.74 Å². The average molecular weight is 251 g/mol. The first kappa shape index (κ1) is 13.1. The number of amides is 2. The van der Waals surface area contributed by atoms with E-state index < -0.39 is 11.6 Å². The molecule has 2 fully saturated rings. The third kappa shape index (κ3) is 2.28. The third-order valence-electron chi connectivity index (χ3n) is 3.92. The molecule has 2 rings (SSSR count). The second-order valence-corrected chi connectivity index (χ2v) is 5.75. The van der Waals surface area contributed by atoms with Crippen molar-refractivity contribution < 1.29 is 14.3 Å². The largest absolute Gasteiger partial charge is 0.447 e. The van der Waals surface area contributed by atoms with Gasteiger partial charge in [-0.05, 0) is 46.0 Å². The van der Waals surface area contributed by atoms with E-state index in [9.17, 15) is 9.59 Å². The van der Waals surface area contributed by atoms with Crippen molar-refractivity contribution in [1.82, 2.24) is 4.90 Å². The predicted molar refractivity (Wildman–Crippen MR) is 68.0 cm³/mol. The first-order valence-electron chi connectivity index (χ1n) is 6.60. The SMILES string of the molecule is C/C=C1/CCCC1CC(=O)N1C(=O)OCC1(C)C. The van der Waals surface area contributed by atoms with E-state index in [1.54, 1.807) is 0 Å². The van der Waals surface area contributed by atoms with E-state index in [0.29, 0.717) is 18.9 Å². The molecule has 0 spiro atoms. The molecule has 1 unspecified atom stereocenters. The van der Waals surface area contributed by atoms with Gasteiger partial charge in [0, 0.05) is 6.42 Å². The summed E-state index contributed by atoms with van der Waals surface area (Å²) in [4.78, 5) is 25.2. The molecule has 0 aromatic rings. The molecule has 0 bridgehead atoms. The number of hydrogen-bond donors (Lipinski definition) is 0. The minimum Gasteiger partial charge on any atom is -0.447 e. The van der Waals surface area contributed by atoms with Gasteiger partial charge in [-0.3, -0.25) is 4.79 Å².